The monoisotopic (exact) mass is 238 g/mol. The van der Waals surface area contributed by atoms with E-state index in [9.17, 15) is 4.79 Å². The first kappa shape index (κ1) is 12.9. The van der Waals surface area contributed by atoms with Crippen LogP contribution in [0.2, 0.25) is 0 Å². The Morgan fingerprint density at radius 2 is 2.00 bits per heavy atom. The number of carbonyl (C=O) groups excluding carboxylic acids is 1. The number of nitrogens with two attached hydrogens (primary N) is 1. The van der Waals surface area contributed by atoms with Gasteiger partial charge in [0, 0.05) is 19.1 Å². The van der Waals surface area contributed by atoms with Gasteiger partial charge >= 0.3 is 0 Å². The normalized spacial score (nSPS) is 30.5. The fraction of sp³-hybridized carbons (Fsp3) is 0.929. The zero-order valence-corrected chi connectivity index (χ0v) is 11.2. The van der Waals surface area contributed by atoms with Crippen LogP contribution in [-0.2, 0) is 4.79 Å². The van der Waals surface area contributed by atoms with E-state index in [-0.39, 0.29) is 5.92 Å². The minimum Gasteiger partial charge on any atom is -0.339 e. The van der Waals surface area contributed by atoms with E-state index in [1.165, 1.54) is 32.1 Å². The third-order valence-electron chi connectivity index (χ3n) is 4.65. The van der Waals surface area contributed by atoms with Gasteiger partial charge in [0.2, 0.25) is 5.91 Å². The minimum absolute atomic E-state index is 0.0225. The van der Waals surface area contributed by atoms with E-state index < -0.39 is 0 Å². The summed E-state index contributed by atoms with van der Waals surface area (Å²) in [5, 5.41) is 0. The summed E-state index contributed by atoms with van der Waals surface area (Å²) in [6.45, 7) is 5.66. The molecule has 2 fully saturated rings. The van der Waals surface area contributed by atoms with Crippen molar-refractivity contribution in [3.63, 3.8) is 0 Å². The molecule has 1 saturated carbocycles. The van der Waals surface area contributed by atoms with Crippen LogP contribution in [-0.4, -0.2) is 29.9 Å². The lowest BCUT2D eigenvalue weighted by molar-refractivity contribution is -0.141. The summed E-state index contributed by atoms with van der Waals surface area (Å²) in [7, 11) is 0. The van der Waals surface area contributed by atoms with E-state index in [2.05, 4.69) is 18.7 Å². The first-order valence-electron chi connectivity index (χ1n) is 7.15. The Morgan fingerprint density at radius 3 is 2.65 bits per heavy atom. The molecule has 0 radical (unpaired) electrons. The van der Waals surface area contributed by atoms with E-state index in [1.807, 2.05) is 0 Å². The highest BCUT2D eigenvalue weighted by atomic mass is 16.2. The summed E-state index contributed by atoms with van der Waals surface area (Å²) in [6, 6.07) is 0.532. The fourth-order valence-corrected chi connectivity index (χ4v) is 3.60. The lowest BCUT2D eigenvalue weighted by atomic mass is 9.88. The summed E-state index contributed by atoms with van der Waals surface area (Å²) >= 11 is 0. The van der Waals surface area contributed by atoms with Crippen LogP contribution in [0.4, 0.5) is 0 Å². The zero-order chi connectivity index (χ0) is 12.4. The van der Waals surface area contributed by atoms with Crippen molar-refractivity contribution in [3.05, 3.63) is 0 Å². The van der Waals surface area contributed by atoms with Gasteiger partial charge < -0.3 is 10.6 Å². The van der Waals surface area contributed by atoms with Gasteiger partial charge in [0.15, 0.2) is 0 Å². The summed E-state index contributed by atoms with van der Waals surface area (Å²) < 4.78 is 0. The van der Waals surface area contributed by atoms with Gasteiger partial charge in [-0.3, -0.25) is 4.79 Å². The molecule has 2 aliphatic rings. The van der Waals surface area contributed by atoms with Crippen LogP contribution in [0.25, 0.3) is 0 Å². The molecule has 1 heterocycles. The number of hydrogen-bond acceptors (Lipinski definition) is 2. The van der Waals surface area contributed by atoms with Crippen molar-refractivity contribution in [2.75, 3.05) is 13.1 Å². The van der Waals surface area contributed by atoms with Gasteiger partial charge in [-0.15, -0.1) is 0 Å². The smallest absolute Gasteiger partial charge is 0.227 e. The number of amides is 1. The van der Waals surface area contributed by atoms with Crippen molar-refractivity contribution in [2.45, 2.75) is 52.0 Å². The van der Waals surface area contributed by atoms with Gasteiger partial charge in [0.05, 0.1) is 5.92 Å². The number of hydrogen-bond donors (Lipinski definition) is 1. The summed E-state index contributed by atoms with van der Waals surface area (Å²) in [5.41, 5.74) is 5.77. The third-order valence-corrected chi connectivity index (χ3v) is 4.65. The molecule has 0 spiro atoms. The van der Waals surface area contributed by atoms with Crippen LogP contribution in [0.1, 0.15) is 46.0 Å². The van der Waals surface area contributed by atoms with Crippen LogP contribution in [0.15, 0.2) is 0 Å². The molecule has 1 aliphatic heterocycles. The SMILES string of the molecule is CC(C)C(CN)C(=O)N1CCCC2CCCC21. The Labute approximate surface area is 105 Å². The van der Waals surface area contributed by atoms with Crippen molar-refractivity contribution < 1.29 is 4.79 Å². The molecule has 1 aliphatic carbocycles. The highest BCUT2D eigenvalue weighted by molar-refractivity contribution is 5.79. The molecule has 0 aromatic carbocycles. The second kappa shape index (κ2) is 5.38. The van der Waals surface area contributed by atoms with E-state index >= 15 is 0 Å². The summed E-state index contributed by atoms with van der Waals surface area (Å²) in [4.78, 5) is 14.7. The molecule has 2 N–H and O–H groups in total. The van der Waals surface area contributed by atoms with Crippen LogP contribution < -0.4 is 5.73 Å². The first-order chi connectivity index (χ1) is 8.15. The summed E-state index contributed by atoms with van der Waals surface area (Å²) in [6.07, 6.45) is 6.34. The number of nitrogens with zero attached hydrogens (tertiary/aromatic N) is 1. The molecule has 3 nitrogen and oxygen atoms in total. The Bertz CT molecular complexity index is 277. The predicted molar refractivity (Wildman–Crippen MR) is 69.5 cm³/mol. The maximum Gasteiger partial charge on any atom is 0.227 e. The molecule has 17 heavy (non-hydrogen) atoms. The second-order valence-electron chi connectivity index (χ2n) is 6.02. The van der Waals surface area contributed by atoms with Crippen molar-refractivity contribution in [3.8, 4) is 0 Å². The topological polar surface area (TPSA) is 46.3 Å². The molecule has 2 rings (SSSR count). The van der Waals surface area contributed by atoms with Crippen LogP contribution in [0.5, 0.6) is 0 Å². The third kappa shape index (κ3) is 2.49. The average molecular weight is 238 g/mol. The van der Waals surface area contributed by atoms with Gasteiger partial charge in [-0.05, 0) is 37.5 Å². The van der Waals surface area contributed by atoms with Gasteiger partial charge in [0.25, 0.3) is 0 Å². The standard InChI is InChI=1S/C14H26N2O/c1-10(2)12(9-15)14(17)16-8-4-6-11-5-3-7-13(11)16/h10-13H,3-9,15H2,1-2H3. The lowest BCUT2D eigenvalue weighted by Gasteiger charge is -2.40. The summed E-state index contributed by atoms with van der Waals surface area (Å²) in [5.74, 6) is 1.47. The van der Waals surface area contributed by atoms with Crippen molar-refractivity contribution in [1.29, 1.82) is 0 Å². The number of fused-ring (bicyclic) bond motifs is 1. The van der Waals surface area contributed by atoms with E-state index in [0.717, 1.165) is 12.5 Å². The Hall–Kier alpha value is -0.570. The van der Waals surface area contributed by atoms with Crippen molar-refractivity contribution in [2.24, 2.45) is 23.5 Å². The van der Waals surface area contributed by atoms with Crippen LogP contribution in [0, 0.1) is 17.8 Å². The zero-order valence-electron chi connectivity index (χ0n) is 11.2. The molecule has 1 saturated heterocycles. The number of likely N-dealkylation sites (tertiary alicyclic amines) is 1. The minimum atomic E-state index is 0.0225. The molecule has 0 bridgehead atoms. The lowest BCUT2D eigenvalue weighted by Crippen LogP contribution is -2.50. The van der Waals surface area contributed by atoms with Gasteiger partial charge in [0.1, 0.15) is 0 Å². The Morgan fingerprint density at radius 1 is 1.29 bits per heavy atom. The van der Waals surface area contributed by atoms with Gasteiger partial charge in [-0.25, -0.2) is 0 Å². The maximum atomic E-state index is 12.6. The number of piperidine rings is 1. The quantitative estimate of drug-likeness (QED) is 0.817. The van der Waals surface area contributed by atoms with Crippen molar-refractivity contribution in [1.82, 2.24) is 4.90 Å². The molecule has 0 aromatic rings. The first-order valence-corrected chi connectivity index (χ1v) is 7.15. The number of carbonyl (C=O) groups is 1. The van der Waals surface area contributed by atoms with E-state index in [4.69, 9.17) is 5.73 Å². The molecule has 3 atom stereocenters. The van der Waals surface area contributed by atoms with Gasteiger partial charge in [-0.1, -0.05) is 20.3 Å². The molecule has 3 heteroatoms. The van der Waals surface area contributed by atoms with E-state index in [1.54, 1.807) is 0 Å². The van der Waals surface area contributed by atoms with Crippen LogP contribution >= 0.6 is 0 Å². The fourth-order valence-electron chi connectivity index (χ4n) is 3.60. The number of rotatable bonds is 3. The second-order valence-corrected chi connectivity index (χ2v) is 6.02. The largest absolute Gasteiger partial charge is 0.339 e. The molecular weight excluding hydrogens is 212 g/mol. The highest BCUT2D eigenvalue weighted by Crippen LogP contribution is 2.37. The maximum absolute atomic E-state index is 12.6. The van der Waals surface area contributed by atoms with Crippen molar-refractivity contribution >= 4 is 5.91 Å². The molecule has 3 unspecified atom stereocenters. The van der Waals surface area contributed by atoms with E-state index in [0.29, 0.717) is 24.4 Å². The van der Waals surface area contributed by atoms with Crippen LogP contribution in [0.3, 0.4) is 0 Å². The molecule has 98 valence electrons. The molecular formula is C14H26N2O. The Kier molecular flexibility index (Phi) is 4.08. The molecule has 1 amide bonds. The average Bonchev–Trinajstić information content (AvgIpc) is 2.76. The predicted octanol–water partition coefficient (Wildman–Crippen LogP) is 2.01. The highest BCUT2D eigenvalue weighted by Gasteiger charge is 2.39. The Balaban J connectivity index is 2.07. The van der Waals surface area contributed by atoms with Gasteiger partial charge in [-0.2, -0.15) is 0 Å². The molecule has 0 aromatic heterocycles.